The summed E-state index contributed by atoms with van der Waals surface area (Å²) in [5.41, 5.74) is 0. The number of urea groups is 1. The van der Waals surface area contributed by atoms with Gasteiger partial charge in [0.25, 0.3) is 0 Å². The van der Waals surface area contributed by atoms with Crippen LogP contribution in [-0.2, 0) is 9.59 Å². The molecule has 7 heteroatoms. The second kappa shape index (κ2) is 6.96. The molecule has 0 radical (unpaired) electrons. The van der Waals surface area contributed by atoms with Gasteiger partial charge in [-0.2, -0.15) is 0 Å². The van der Waals surface area contributed by atoms with Crippen molar-refractivity contribution in [2.75, 3.05) is 13.1 Å². The van der Waals surface area contributed by atoms with E-state index in [1.165, 1.54) is 4.90 Å². The van der Waals surface area contributed by atoms with Gasteiger partial charge in [-0.1, -0.05) is 0 Å². The van der Waals surface area contributed by atoms with Crippen LogP contribution < -0.4 is 10.6 Å². The average molecular weight is 271 g/mol. The molecular weight excluding hydrogens is 250 g/mol. The molecule has 0 aliphatic heterocycles. The number of nitrogens with one attached hydrogen (secondary N) is 2. The first-order chi connectivity index (χ1) is 8.93. The van der Waals surface area contributed by atoms with Crippen molar-refractivity contribution in [3.63, 3.8) is 0 Å². The molecule has 1 fully saturated rings. The fourth-order valence-electron chi connectivity index (χ4n) is 1.53. The second-order valence-electron chi connectivity index (χ2n) is 4.68. The topological polar surface area (TPSA) is 98.7 Å². The van der Waals surface area contributed by atoms with Gasteiger partial charge in [-0.05, 0) is 26.7 Å². The zero-order valence-corrected chi connectivity index (χ0v) is 11.3. The van der Waals surface area contributed by atoms with Crippen molar-refractivity contribution in [2.24, 2.45) is 0 Å². The summed E-state index contributed by atoms with van der Waals surface area (Å²) >= 11 is 0. The van der Waals surface area contributed by atoms with Crippen LogP contribution in [0.25, 0.3) is 0 Å². The molecule has 3 amide bonds. The van der Waals surface area contributed by atoms with E-state index >= 15 is 0 Å². The van der Waals surface area contributed by atoms with Crippen molar-refractivity contribution < 1.29 is 19.5 Å². The maximum absolute atomic E-state index is 11.8. The molecule has 1 atom stereocenters. The zero-order chi connectivity index (χ0) is 14.4. The fourth-order valence-corrected chi connectivity index (χ4v) is 1.53. The van der Waals surface area contributed by atoms with Gasteiger partial charge in [0.1, 0.15) is 6.04 Å². The second-order valence-corrected chi connectivity index (χ2v) is 4.68. The quantitative estimate of drug-likeness (QED) is 0.614. The molecule has 0 bridgehead atoms. The number of carbonyl (C=O) groups is 3. The molecule has 3 N–H and O–H groups in total. The predicted molar refractivity (Wildman–Crippen MR) is 68.7 cm³/mol. The molecule has 1 aliphatic carbocycles. The number of amides is 3. The van der Waals surface area contributed by atoms with E-state index in [0.29, 0.717) is 6.54 Å². The normalized spacial score (nSPS) is 15.5. The average Bonchev–Trinajstić information content (AvgIpc) is 3.13. The lowest BCUT2D eigenvalue weighted by atomic mass is 10.3. The summed E-state index contributed by atoms with van der Waals surface area (Å²) in [5.74, 6) is -1.16. The van der Waals surface area contributed by atoms with Gasteiger partial charge in [0, 0.05) is 19.1 Å². The number of hydrogen-bond acceptors (Lipinski definition) is 3. The Kier molecular flexibility index (Phi) is 5.59. The first-order valence-corrected chi connectivity index (χ1v) is 6.51. The molecule has 7 nitrogen and oxygen atoms in total. The van der Waals surface area contributed by atoms with Crippen molar-refractivity contribution in [3.8, 4) is 0 Å². The number of nitrogens with zero attached hydrogens (tertiary/aromatic N) is 1. The summed E-state index contributed by atoms with van der Waals surface area (Å²) in [6.07, 6.45) is 1.88. The van der Waals surface area contributed by atoms with Crippen LogP contribution in [-0.4, -0.2) is 53.1 Å². The van der Waals surface area contributed by atoms with E-state index in [2.05, 4.69) is 10.6 Å². The van der Waals surface area contributed by atoms with Gasteiger partial charge in [-0.15, -0.1) is 0 Å². The molecule has 0 aromatic rings. The van der Waals surface area contributed by atoms with E-state index in [9.17, 15) is 14.4 Å². The van der Waals surface area contributed by atoms with E-state index < -0.39 is 18.0 Å². The molecular formula is C12H21N3O4. The van der Waals surface area contributed by atoms with Crippen LogP contribution in [0.4, 0.5) is 4.79 Å². The van der Waals surface area contributed by atoms with Crippen molar-refractivity contribution in [2.45, 2.75) is 45.2 Å². The Balaban J connectivity index is 2.36. The summed E-state index contributed by atoms with van der Waals surface area (Å²) in [7, 11) is 0. The molecule has 0 aromatic carbocycles. The molecule has 0 aromatic heterocycles. The Morgan fingerprint density at radius 1 is 1.37 bits per heavy atom. The Bertz CT molecular complexity index is 355. The van der Waals surface area contributed by atoms with E-state index in [1.807, 2.05) is 0 Å². The molecule has 1 rings (SSSR count). The first-order valence-electron chi connectivity index (χ1n) is 6.51. The Morgan fingerprint density at radius 3 is 2.47 bits per heavy atom. The molecule has 1 aliphatic rings. The van der Waals surface area contributed by atoms with Gasteiger partial charge in [0.15, 0.2) is 0 Å². The number of carbonyl (C=O) groups excluding carboxylic acids is 2. The summed E-state index contributed by atoms with van der Waals surface area (Å²) in [4.78, 5) is 35.4. The monoisotopic (exact) mass is 271 g/mol. The summed E-state index contributed by atoms with van der Waals surface area (Å²) in [6, 6.07) is -0.782. The van der Waals surface area contributed by atoms with Crippen LogP contribution in [0.5, 0.6) is 0 Å². The number of aliphatic carboxylic acids is 1. The van der Waals surface area contributed by atoms with Crippen LogP contribution in [0.3, 0.4) is 0 Å². The first kappa shape index (κ1) is 15.3. The third-order valence-corrected chi connectivity index (χ3v) is 2.92. The molecule has 0 heterocycles. The van der Waals surface area contributed by atoms with Gasteiger partial charge >= 0.3 is 12.0 Å². The van der Waals surface area contributed by atoms with Crippen molar-refractivity contribution >= 4 is 17.9 Å². The highest BCUT2D eigenvalue weighted by Crippen LogP contribution is 2.18. The molecule has 0 saturated heterocycles. The van der Waals surface area contributed by atoms with Gasteiger partial charge in [0.05, 0.1) is 6.42 Å². The van der Waals surface area contributed by atoms with Crippen molar-refractivity contribution in [1.82, 2.24) is 15.5 Å². The highest BCUT2D eigenvalue weighted by Gasteiger charge is 2.26. The van der Waals surface area contributed by atoms with E-state index in [0.717, 1.165) is 12.8 Å². The Morgan fingerprint density at radius 2 is 2.00 bits per heavy atom. The highest BCUT2D eigenvalue weighted by molar-refractivity contribution is 5.87. The van der Waals surface area contributed by atoms with Crippen LogP contribution in [0.1, 0.15) is 33.1 Å². The SMILES string of the molecule is CCN(CCC(=O)O)C(=O)NC(C)C(=O)NC1CC1. The lowest BCUT2D eigenvalue weighted by molar-refractivity contribution is -0.137. The maximum Gasteiger partial charge on any atom is 0.318 e. The predicted octanol–water partition coefficient (Wildman–Crippen LogP) is 0.160. The molecule has 19 heavy (non-hydrogen) atoms. The number of carboxylic acid groups (broad SMARTS) is 1. The van der Waals surface area contributed by atoms with Crippen molar-refractivity contribution in [1.29, 1.82) is 0 Å². The van der Waals surface area contributed by atoms with Gasteiger partial charge in [-0.3, -0.25) is 9.59 Å². The van der Waals surface area contributed by atoms with E-state index in [-0.39, 0.29) is 24.9 Å². The van der Waals surface area contributed by atoms with Crippen LogP contribution >= 0.6 is 0 Å². The lowest BCUT2D eigenvalue weighted by Gasteiger charge is -2.23. The number of rotatable bonds is 7. The number of carboxylic acids is 1. The third-order valence-electron chi connectivity index (χ3n) is 2.92. The third kappa shape index (κ3) is 5.58. The highest BCUT2D eigenvalue weighted by atomic mass is 16.4. The molecule has 108 valence electrons. The minimum absolute atomic E-state index is 0.107. The Hall–Kier alpha value is -1.79. The van der Waals surface area contributed by atoms with E-state index in [4.69, 9.17) is 5.11 Å². The fraction of sp³-hybridized carbons (Fsp3) is 0.750. The van der Waals surface area contributed by atoms with Gasteiger partial charge in [-0.25, -0.2) is 4.79 Å². The number of hydrogen-bond donors (Lipinski definition) is 3. The minimum Gasteiger partial charge on any atom is -0.481 e. The van der Waals surface area contributed by atoms with Gasteiger partial charge < -0.3 is 20.6 Å². The molecule has 1 unspecified atom stereocenters. The minimum atomic E-state index is -0.953. The van der Waals surface area contributed by atoms with Crippen molar-refractivity contribution in [3.05, 3.63) is 0 Å². The van der Waals surface area contributed by atoms with Crippen LogP contribution in [0.2, 0.25) is 0 Å². The van der Waals surface area contributed by atoms with Crippen LogP contribution in [0.15, 0.2) is 0 Å². The largest absolute Gasteiger partial charge is 0.481 e. The van der Waals surface area contributed by atoms with Gasteiger partial charge in [0.2, 0.25) is 5.91 Å². The lowest BCUT2D eigenvalue weighted by Crippen LogP contribution is -2.50. The summed E-state index contributed by atoms with van der Waals surface area (Å²) in [6.45, 7) is 3.90. The Labute approximate surface area is 112 Å². The molecule has 0 spiro atoms. The summed E-state index contributed by atoms with van der Waals surface area (Å²) in [5, 5.41) is 14.0. The smallest absolute Gasteiger partial charge is 0.318 e. The van der Waals surface area contributed by atoms with E-state index in [1.54, 1.807) is 13.8 Å². The summed E-state index contributed by atoms with van der Waals surface area (Å²) < 4.78 is 0. The van der Waals surface area contributed by atoms with Crippen LogP contribution in [0, 0.1) is 0 Å². The standard InChI is InChI=1S/C12H21N3O4/c1-3-15(7-6-10(16)17)12(19)13-8(2)11(18)14-9-4-5-9/h8-9H,3-7H2,1-2H3,(H,13,19)(H,14,18)(H,16,17). The zero-order valence-electron chi connectivity index (χ0n) is 11.3. The maximum atomic E-state index is 11.8. The molecule has 1 saturated carbocycles.